The molecule has 0 heterocycles. The lowest BCUT2D eigenvalue weighted by Gasteiger charge is -2.45. The summed E-state index contributed by atoms with van der Waals surface area (Å²) >= 11 is 0. The molecular formula is C28H35N3O. The zero-order valence-electron chi connectivity index (χ0n) is 19.4. The smallest absolute Gasteiger partial charge is 0.321 e. The van der Waals surface area contributed by atoms with Crippen molar-refractivity contribution in [1.82, 2.24) is 5.32 Å². The number of rotatable bonds is 6. The van der Waals surface area contributed by atoms with Gasteiger partial charge in [0.2, 0.25) is 0 Å². The molecule has 0 aromatic heterocycles. The summed E-state index contributed by atoms with van der Waals surface area (Å²) in [4.78, 5) is 15.2. The molecule has 2 fully saturated rings. The maximum Gasteiger partial charge on any atom is 0.321 e. The van der Waals surface area contributed by atoms with E-state index in [1.807, 2.05) is 23.1 Å². The second-order valence-electron chi connectivity index (χ2n) is 10.5. The minimum Gasteiger partial charge on any atom is -0.337 e. The number of benzene rings is 2. The molecule has 4 rings (SSSR count). The highest BCUT2D eigenvalue weighted by Crippen LogP contribution is 2.47. The lowest BCUT2D eigenvalue weighted by Crippen LogP contribution is -2.48. The van der Waals surface area contributed by atoms with Crippen LogP contribution in [0.15, 0.2) is 54.6 Å². The second kappa shape index (κ2) is 9.36. The van der Waals surface area contributed by atoms with Gasteiger partial charge in [0.15, 0.2) is 0 Å². The van der Waals surface area contributed by atoms with Crippen molar-refractivity contribution in [3.63, 3.8) is 0 Å². The Hall–Kier alpha value is -2.80. The molecule has 2 aliphatic rings. The van der Waals surface area contributed by atoms with Gasteiger partial charge in [0.1, 0.15) is 0 Å². The molecule has 4 nitrogen and oxygen atoms in total. The fourth-order valence-electron chi connectivity index (χ4n) is 5.12. The Balaban J connectivity index is 1.49. The topological polar surface area (TPSA) is 56.1 Å². The summed E-state index contributed by atoms with van der Waals surface area (Å²) in [6.45, 7) is 6.11. The summed E-state index contributed by atoms with van der Waals surface area (Å²) in [5.74, 6) is 0.614. The predicted molar refractivity (Wildman–Crippen MR) is 130 cm³/mol. The molecule has 168 valence electrons. The normalized spacial score (nSPS) is 25.4. The van der Waals surface area contributed by atoms with E-state index in [9.17, 15) is 10.1 Å². The fourth-order valence-corrected chi connectivity index (χ4v) is 5.12. The number of anilines is 1. The molecular weight excluding hydrogens is 394 g/mol. The van der Waals surface area contributed by atoms with E-state index in [0.29, 0.717) is 18.0 Å². The quantitative estimate of drug-likeness (QED) is 0.576. The van der Waals surface area contributed by atoms with Gasteiger partial charge in [-0.25, -0.2) is 4.79 Å². The maximum atomic E-state index is 13.3. The molecule has 2 saturated carbocycles. The van der Waals surface area contributed by atoms with Gasteiger partial charge in [0.25, 0.3) is 0 Å². The molecule has 2 aliphatic carbocycles. The number of amides is 2. The van der Waals surface area contributed by atoms with E-state index in [2.05, 4.69) is 55.6 Å². The summed E-state index contributed by atoms with van der Waals surface area (Å²) in [7, 11) is 0. The zero-order chi connectivity index (χ0) is 22.6. The molecule has 0 unspecified atom stereocenters. The van der Waals surface area contributed by atoms with Gasteiger partial charge >= 0.3 is 6.03 Å². The van der Waals surface area contributed by atoms with Crippen LogP contribution in [0.3, 0.4) is 0 Å². The molecule has 0 radical (unpaired) electrons. The van der Waals surface area contributed by atoms with Crippen LogP contribution in [0.2, 0.25) is 0 Å². The lowest BCUT2D eigenvalue weighted by atomic mass is 9.62. The van der Waals surface area contributed by atoms with Crippen LogP contribution in [0.4, 0.5) is 10.5 Å². The van der Waals surface area contributed by atoms with Gasteiger partial charge in [-0.05, 0) is 79.0 Å². The molecule has 2 aromatic carbocycles. The van der Waals surface area contributed by atoms with Crippen molar-refractivity contribution < 1.29 is 4.79 Å². The van der Waals surface area contributed by atoms with Crippen molar-refractivity contribution in [1.29, 1.82) is 5.26 Å². The largest absolute Gasteiger partial charge is 0.337 e. The number of carbonyl (C=O) groups is 1. The van der Waals surface area contributed by atoms with Gasteiger partial charge in [-0.15, -0.1) is 0 Å². The number of nitriles is 1. The Morgan fingerprint density at radius 1 is 1.06 bits per heavy atom. The van der Waals surface area contributed by atoms with E-state index in [1.165, 1.54) is 24.8 Å². The first-order valence-corrected chi connectivity index (χ1v) is 12.0. The van der Waals surface area contributed by atoms with Crippen LogP contribution in [0.25, 0.3) is 0 Å². The molecule has 4 heteroatoms. The highest BCUT2D eigenvalue weighted by Gasteiger charge is 2.40. The van der Waals surface area contributed by atoms with Gasteiger partial charge in [-0.3, -0.25) is 4.90 Å². The van der Waals surface area contributed by atoms with Crippen molar-refractivity contribution >= 4 is 11.7 Å². The van der Waals surface area contributed by atoms with Gasteiger partial charge in [0.05, 0.1) is 11.6 Å². The SMILES string of the molecule is C[C@]1(CN(C(=O)NCC2CCC2)c2cccc(C#N)c2)CC[C@@](C)(c2ccccc2)CC1. The molecule has 2 amide bonds. The minimum atomic E-state index is -0.0374. The van der Waals surface area contributed by atoms with Crippen LogP contribution in [0.1, 0.15) is 69.9 Å². The van der Waals surface area contributed by atoms with Crippen LogP contribution in [-0.2, 0) is 5.41 Å². The van der Waals surface area contributed by atoms with Crippen LogP contribution in [-0.4, -0.2) is 19.1 Å². The van der Waals surface area contributed by atoms with Crippen molar-refractivity contribution in [2.24, 2.45) is 11.3 Å². The van der Waals surface area contributed by atoms with Crippen molar-refractivity contribution in [2.75, 3.05) is 18.0 Å². The molecule has 0 spiro atoms. The first-order valence-electron chi connectivity index (χ1n) is 12.0. The van der Waals surface area contributed by atoms with Gasteiger partial charge < -0.3 is 5.32 Å². The molecule has 2 aromatic rings. The standard InChI is InChI=1S/C28H35N3O/c1-27(14-16-28(2,17-15-27)24-11-4-3-5-12-24)21-31(25-13-7-10-23(18-25)19-29)26(32)30-20-22-8-6-9-22/h3-5,7,10-13,18,22H,6,8-9,14-17,20-21H2,1-2H3,(H,30,32)/t27-,28+. The first kappa shape index (κ1) is 22.4. The van der Waals surface area contributed by atoms with Crippen LogP contribution < -0.4 is 10.2 Å². The highest BCUT2D eigenvalue weighted by atomic mass is 16.2. The number of urea groups is 1. The Kier molecular flexibility index (Phi) is 6.55. The van der Waals surface area contributed by atoms with Crippen LogP contribution in [0, 0.1) is 22.7 Å². The number of nitrogens with zero attached hydrogens (tertiary/aromatic N) is 2. The minimum absolute atomic E-state index is 0.0374. The third kappa shape index (κ3) is 4.99. The molecule has 0 atom stereocenters. The Labute approximate surface area is 192 Å². The van der Waals surface area contributed by atoms with E-state index in [0.717, 1.165) is 37.9 Å². The number of carbonyl (C=O) groups excluding carboxylic acids is 1. The average Bonchev–Trinajstić information content (AvgIpc) is 2.79. The summed E-state index contributed by atoms with van der Waals surface area (Å²) in [5, 5.41) is 12.5. The second-order valence-corrected chi connectivity index (χ2v) is 10.5. The van der Waals surface area contributed by atoms with E-state index in [4.69, 9.17) is 0 Å². The monoisotopic (exact) mass is 429 g/mol. The van der Waals surface area contributed by atoms with Crippen LogP contribution in [0.5, 0.6) is 0 Å². The maximum absolute atomic E-state index is 13.3. The molecule has 0 aliphatic heterocycles. The summed E-state index contributed by atoms with van der Waals surface area (Å²) in [6.07, 6.45) is 8.06. The molecule has 1 N–H and O–H groups in total. The molecule has 32 heavy (non-hydrogen) atoms. The average molecular weight is 430 g/mol. The summed E-state index contributed by atoms with van der Waals surface area (Å²) in [5.41, 5.74) is 3.06. The number of hydrogen-bond acceptors (Lipinski definition) is 2. The Morgan fingerprint density at radius 2 is 1.78 bits per heavy atom. The van der Waals surface area contributed by atoms with Gasteiger partial charge in [0, 0.05) is 18.8 Å². The fraction of sp³-hybridized carbons (Fsp3) is 0.500. The lowest BCUT2D eigenvalue weighted by molar-refractivity contribution is 0.158. The van der Waals surface area contributed by atoms with E-state index in [1.54, 1.807) is 6.07 Å². The Morgan fingerprint density at radius 3 is 2.41 bits per heavy atom. The zero-order valence-corrected chi connectivity index (χ0v) is 19.4. The predicted octanol–water partition coefficient (Wildman–Crippen LogP) is 6.41. The van der Waals surface area contributed by atoms with Gasteiger partial charge in [-0.1, -0.05) is 56.7 Å². The summed E-state index contributed by atoms with van der Waals surface area (Å²) in [6, 6.07) is 20.5. The van der Waals surface area contributed by atoms with Crippen molar-refractivity contribution in [3.8, 4) is 6.07 Å². The van der Waals surface area contributed by atoms with E-state index in [-0.39, 0.29) is 16.9 Å². The number of hydrogen-bond donors (Lipinski definition) is 1. The van der Waals surface area contributed by atoms with Crippen molar-refractivity contribution in [2.45, 2.75) is 64.2 Å². The van der Waals surface area contributed by atoms with Crippen molar-refractivity contribution in [3.05, 3.63) is 65.7 Å². The first-order chi connectivity index (χ1) is 15.4. The molecule has 0 bridgehead atoms. The van der Waals surface area contributed by atoms with E-state index >= 15 is 0 Å². The number of nitrogens with one attached hydrogen (secondary N) is 1. The Bertz CT molecular complexity index is 966. The molecule has 0 saturated heterocycles. The third-order valence-corrected chi connectivity index (χ3v) is 7.87. The summed E-state index contributed by atoms with van der Waals surface area (Å²) < 4.78 is 0. The van der Waals surface area contributed by atoms with Gasteiger partial charge in [-0.2, -0.15) is 5.26 Å². The van der Waals surface area contributed by atoms with Crippen LogP contribution >= 0.6 is 0 Å². The third-order valence-electron chi connectivity index (χ3n) is 7.87. The van der Waals surface area contributed by atoms with E-state index < -0.39 is 0 Å². The highest BCUT2D eigenvalue weighted by molar-refractivity contribution is 5.92.